The van der Waals surface area contributed by atoms with Crippen molar-refractivity contribution in [3.05, 3.63) is 35.1 Å². The summed E-state index contributed by atoms with van der Waals surface area (Å²) in [4.78, 5) is 0. The van der Waals surface area contributed by atoms with Gasteiger partial charge < -0.3 is 19.9 Å². The number of nitrogens with two attached hydrogens (primary N) is 1. The SMILES string of the molecule is CC.CC.CC/C=C(/OC)C1Oc2c(OC)ccc3c2CC1CC(N)C3. The second-order valence-electron chi connectivity index (χ2n) is 6.16. The monoisotopic (exact) mass is 363 g/mol. The zero-order valence-corrected chi connectivity index (χ0v) is 17.6. The Kier molecular flexibility index (Phi) is 9.57. The first kappa shape index (κ1) is 22.4. The number of fused-ring (bicyclic) bond motifs is 1. The molecule has 1 aromatic rings. The number of ether oxygens (including phenoxy) is 3. The van der Waals surface area contributed by atoms with Gasteiger partial charge in [0.25, 0.3) is 0 Å². The van der Waals surface area contributed by atoms with Crippen molar-refractivity contribution in [2.45, 2.75) is 72.4 Å². The molecular formula is C22H37NO3. The van der Waals surface area contributed by atoms with Crippen molar-refractivity contribution in [2.24, 2.45) is 11.7 Å². The van der Waals surface area contributed by atoms with Crippen molar-refractivity contribution in [1.82, 2.24) is 0 Å². The van der Waals surface area contributed by atoms with Crippen LogP contribution in [0.15, 0.2) is 24.0 Å². The average molecular weight is 364 g/mol. The fourth-order valence-electron chi connectivity index (χ4n) is 3.71. The number of hydrogen-bond donors (Lipinski definition) is 1. The molecule has 1 aliphatic heterocycles. The van der Waals surface area contributed by atoms with Gasteiger partial charge in [-0.3, -0.25) is 0 Å². The quantitative estimate of drug-likeness (QED) is 0.775. The second-order valence-corrected chi connectivity index (χ2v) is 6.16. The summed E-state index contributed by atoms with van der Waals surface area (Å²) in [7, 11) is 3.40. The van der Waals surface area contributed by atoms with Crippen LogP contribution in [0.4, 0.5) is 0 Å². The minimum Gasteiger partial charge on any atom is -0.497 e. The Labute approximate surface area is 159 Å². The van der Waals surface area contributed by atoms with Crippen LogP contribution in [0.2, 0.25) is 0 Å². The minimum atomic E-state index is -0.0780. The van der Waals surface area contributed by atoms with Crippen LogP contribution < -0.4 is 15.2 Å². The first-order chi connectivity index (χ1) is 12.7. The number of methoxy groups -OCH3 is 2. The minimum absolute atomic E-state index is 0.0780. The topological polar surface area (TPSA) is 53.7 Å². The average Bonchev–Trinajstić information content (AvgIpc) is 2.84. The molecule has 1 aromatic carbocycles. The normalized spacial score (nSPS) is 23.2. The van der Waals surface area contributed by atoms with Gasteiger partial charge in [0.2, 0.25) is 0 Å². The first-order valence-electron chi connectivity index (χ1n) is 10.0. The van der Waals surface area contributed by atoms with E-state index < -0.39 is 0 Å². The summed E-state index contributed by atoms with van der Waals surface area (Å²) in [5.74, 6) is 2.92. The molecule has 3 atom stereocenters. The van der Waals surface area contributed by atoms with Gasteiger partial charge in [-0.15, -0.1) is 0 Å². The third-order valence-corrected chi connectivity index (χ3v) is 4.69. The molecule has 3 unspecified atom stereocenters. The highest BCUT2D eigenvalue weighted by atomic mass is 16.5. The van der Waals surface area contributed by atoms with Gasteiger partial charge >= 0.3 is 0 Å². The summed E-state index contributed by atoms with van der Waals surface area (Å²) >= 11 is 0. The molecule has 0 radical (unpaired) electrons. The lowest BCUT2D eigenvalue weighted by atomic mass is 9.86. The molecule has 3 rings (SSSR count). The van der Waals surface area contributed by atoms with E-state index in [1.165, 1.54) is 11.1 Å². The van der Waals surface area contributed by atoms with Crippen LogP contribution in [0.25, 0.3) is 0 Å². The Morgan fingerprint density at radius 2 is 1.88 bits per heavy atom. The van der Waals surface area contributed by atoms with Crippen molar-refractivity contribution >= 4 is 0 Å². The number of benzene rings is 1. The molecule has 2 aliphatic rings. The van der Waals surface area contributed by atoms with Crippen LogP contribution in [-0.2, 0) is 17.6 Å². The van der Waals surface area contributed by atoms with Gasteiger partial charge in [0.15, 0.2) is 17.6 Å². The van der Waals surface area contributed by atoms with Crippen LogP contribution in [0.3, 0.4) is 0 Å². The Hall–Kier alpha value is -1.68. The summed E-state index contributed by atoms with van der Waals surface area (Å²) in [5, 5.41) is 0. The molecule has 0 aromatic heterocycles. The van der Waals surface area contributed by atoms with E-state index >= 15 is 0 Å². The van der Waals surface area contributed by atoms with Crippen molar-refractivity contribution < 1.29 is 14.2 Å². The smallest absolute Gasteiger partial charge is 0.165 e. The fraction of sp³-hybridized carbons (Fsp3) is 0.636. The van der Waals surface area contributed by atoms with Crippen LogP contribution >= 0.6 is 0 Å². The number of rotatable bonds is 4. The Balaban J connectivity index is 0.000000791. The summed E-state index contributed by atoms with van der Waals surface area (Å²) in [6.45, 7) is 10.1. The van der Waals surface area contributed by atoms with Crippen molar-refractivity contribution in [3.63, 3.8) is 0 Å². The van der Waals surface area contributed by atoms with Gasteiger partial charge in [-0.2, -0.15) is 0 Å². The van der Waals surface area contributed by atoms with Crippen LogP contribution in [-0.4, -0.2) is 26.4 Å². The molecule has 0 saturated heterocycles. The molecular weight excluding hydrogens is 326 g/mol. The lowest BCUT2D eigenvalue weighted by molar-refractivity contribution is 0.0768. The maximum atomic E-state index is 6.36. The van der Waals surface area contributed by atoms with Gasteiger partial charge in [0.05, 0.1) is 14.2 Å². The molecule has 1 heterocycles. The van der Waals surface area contributed by atoms with Crippen molar-refractivity contribution in [3.8, 4) is 11.5 Å². The molecule has 4 heteroatoms. The van der Waals surface area contributed by atoms with Gasteiger partial charge in [-0.25, -0.2) is 0 Å². The van der Waals surface area contributed by atoms with E-state index in [9.17, 15) is 0 Å². The van der Waals surface area contributed by atoms with Gasteiger partial charge in [-0.05, 0) is 43.4 Å². The van der Waals surface area contributed by atoms with Crippen LogP contribution in [0, 0.1) is 5.92 Å². The van der Waals surface area contributed by atoms with Gasteiger partial charge in [-0.1, -0.05) is 40.7 Å². The van der Waals surface area contributed by atoms with E-state index in [0.717, 1.165) is 42.9 Å². The predicted octanol–water partition coefficient (Wildman–Crippen LogP) is 4.88. The van der Waals surface area contributed by atoms with Crippen LogP contribution in [0.1, 0.15) is 58.6 Å². The highest BCUT2D eigenvalue weighted by Crippen LogP contribution is 2.45. The van der Waals surface area contributed by atoms with Crippen molar-refractivity contribution in [2.75, 3.05) is 14.2 Å². The molecule has 0 amide bonds. The van der Waals surface area contributed by atoms with E-state index in [1.807, 2.05) is 33.8 Å². The molecule has 26 heavy (non-hydrogen) atoms. The molecule has 0 spiro atoms. The standard InChI is InChI=1S/C18H25NO3.2C2H6/c1-4-5-15(20-2)17-12-9-13(19)8-11-6-7-16(21-3)18(22-17)14(11)10-12;2*1-2/h5-7,12-13,17H,4,8-10,19H2,1-3H3;2*1-2H3/b15-5+;;. The summed E-state index contributed by atoms with van der Waals surface area (Å²) < 4.78 is 17.5. The van der Waals surface area contributed by atoms with E-state index in [0.29, 0.717) is 5.92 Å². The van der Waals surface area contributed by atoms with Gasteiger partial charge in [0, 0.05) is 17.5 Å². The maximum Gasteiger partial charge on any atom is 0.165 e. The maximum absolute atomic E-state index is 6.36. The molecule has 1 aliphatic carbocycles. The number of allylic oxidation sites excluding steroid dienone is 1. The van der Waals surface area contributed by atoms with Crippen LogP contribution in [0.5, 0.6) is 11.5 Å². The molecule has 0 fully saturated rings. The van der Waals surface area contributed by atoms with E-state index in [1.54, 1.807) is 14.2 Å². The lowest BCUT2D eigenvalue weighted by Gasteiger charge is -2.34. The molecule has 148 valence electrons. The second kappa shape index (κ2) is 11.1. The Bertz CT molecular complexity index is 583. The predicted molar refractivity (Wildman–Crippen MR) is 109 cm³/mol. The molecule has 2 bridgehead atoms. The first-order valence-corrected chi connectivity index (χ1v) is 10.0. The zero-order valence-electron chi connectivity index (χ0n) is 17.6. The van der Waals surface area contributed by atoms with E-state index in [-0.39, 0.29) is 12.1 Å². The van der Waals surface area contributed by atoms with E-state index in [2.05, 4.69) is 19.1 Å². The summed E-state index contributed by atoms with van der Waals surface area (Å²) in [6.07, 6.45) is 5.77. The zero-order chi connectivity index (χ0) is 19.7. The van der Waals surface area contributed by atoms with Crippen molar-refractivity contribution in [1.29, 1.82) is 0 Å². The lowest BCUT2D eigenvalue weighted by Crippen LogP contribution is -2.37. The Morgan fingerprint density at radius 3 is 2.46 bits per heavy atom. The molecule has 4 nitrogen and oxygen atoms in total. The largest absolute Gasteiger partial charge is 0.497 e. The highest BCUT2D eigenvalue weighted by Gasteiger charge is 2.39. The van der Waals surface area contributed by atoms with Gasteiger partial charge in [0.1, 0.15) is 5.76 Å². The summed E-state index contributed by atoms with van der Waals surface area (Å²) in [6, 6.07) is 4.28. The fourth-order valence-corrected chi connectivity index (χ4v) is 3.71. The third-order valence-electron chi connectivity index (χ3n) is 4.69. The molecule has 2 N–H and O–H groups in total. The summed E-state index contributed by atoms with van der Waals surface area (Å²) in [5.41, 5.74) is 8.90. The molecule has 0 saturated carbocycles. The Morgan fingerprint density at radius 1 is 1.19 bits per heavy atom. The highest BCUT2D eigenvalue weighted by molar-refractivity contribution is 5.53. The van der Waals surface area contributed by atoms with E-state index in [4.69, 9.17) is 19.9 Å². The number of hydrogen-bond acceptors (Lipinski definition) is 4. The third kappa shape index (κ3) is 4.73.